The van der Waals surface area contributed by atoms with Crippen LogP contribution in [-0.2, 0) is 14.8 Å². The summed E-state index contributed by atoms with van der Waals surface area (Å²) in [5, 5.41) is 3.73. The number of carbonyl (C=O) groups is 1. The monoisotopic (exact) mass is 481 g/mol. The Bertz CT molecular complexity index is 1300. The Balaban J connectivity index is 1.34. The first-order valence-electron chi connectivity index (χ1n) is 11.4. The highest BCUT2D eigenvalue weighted by atomic mass is 32.2. The molecule has 34 heavy (non-hydrogen) atoms. The summed E-state index contributed by atoms with van der Waals surface area (Å²) in [5.41, 5.74) is 2.27. The van der Waals surface area contributed by atoms with E-state index in [1.54, 1.807) is 42.5 Å². The lowest BCUT2D eigenvalue weighted by atomic mass is 9.85. The summed E-state index contributed by atoms with van der Waals surface area (Å²) in [7, 11) is -3.69. The molecule has 0 aliphatic heterocycles. The molecule has 178 valence electrons. The first kappa shape index (κ1) is 24.0. The molecular formula is C26H28FN3O3S. The number of nitrogens with zero attached hydrogens (tertiary/aromatic N) is 1. The number of pyridine rings is 1. The minimum absolute atomic E-state index is 0.0564. The minimum atomic E-state index is -3.69. The number of hydrogen-bond acceptors (Lipinski definition) is 4. The number of nitrogens with one attached hydrogen (secondary N) is 2. The van der Waals surface area contributed by atoms with Crippen LogP contribution in [0.1, 0.15) is 49.9 Å². The van der Waals surface area contributed by atoms with Gasteiger partial charge in [-0.2, -0.15) is 0 Å². The number of fused-ring (bicyclic) bond motifs is 1. The average Bonchev–Trinajstić information content (AvgIpc) is 2.83. The highest BCUT2D eigenvalue weighted by molar-refractivity contribution is 7.89. The summed E-state index contributed by atoms with van der Waals surface area (Å²) in [6, 6.07) is 14.1. The number of carbonyl (C=O) groups excluding carboxylic acids is 1. The van der Waals surface area contributed by atoms with Gasteiger partial charge in [0.25, 0.3) is 0 Å². The Morgan fingerprint density at radius 3 is 2.47 bits per heavy atom. The van der Waals surface area contributed by atoms with E-state index in [2.05, 4.69) is 21.6 Å². The number of rotatable bonds is 7. The van der Waals surface area contributed by atoms with Crippen molar-refractivity contribution >= 4 is 32.9 Å². The Kier molecular flexibility index (Phi) is 7.09. The number of benzene rings is 2. The van der Waals surface area contributed by atoms with Gasteiger partial charge in [-0.25, -0.2) is 22.5 Å². The van der Waals surface area contributed by atoms with Crippen molar-refractivity contribution in [3.8, 4) is 0 Å². The number of aromatic nitrogens is 1. The topological polar surface area (TPSA) is 88.2 Å². The van der Waals surface area contributed by atoms with E-state index in [1.165, 1.54) is 12.1 Å². The van der Waals surface area contributed by atoms with Gasteiger partial charge in [0.05, 0.1) is 22.1 Å². The van der Waals surface area contributed by atoms with Gasteiger partial charge in [-0.3, -0.25) is 4.79 Å². The Labute approximate surface area is 199 Å². The molecule has 0 spiro atoms. The van der Waals surface area contributed by atoms with Crippen LogP contribution in [0.25, 0.3) is 17.0 Å². The van der Waals surface area contributed by atoms with Gasteiger partial charge in [0, 0.05) is 17.3 Å². The predicted octanol–water partition coefficient (Wildman–Crippen LogP) is 4.73. The van der Waals surface area contributed by atoms with Gasteiger partial charge in [0.1, 0.15) is 5.82 Å². The summed E-state index contributed by atoms with van der Waals surface area (Å²) < 4.78 is 41.8. The highest BCUT2D eigenvalue weighted by Crippen LogP contribution is 2.27. The molecule has 1 aliphatic carbocycles. The van der Waals surface area contributed by atoms with Crippen LogP contribution in [0, 0.1) is 11.7 Å². The molecule has 0 unspecified atom stereocenters. The first-order chi connectivity index (χ1) is 16.2. The van der Waals surface area contributed by atoms with E-state index in [4.69, 9.17) is 0 Å². The first-order valence-corrected chi connectivity index (χ1v) is 12.8. The van der Waals surface area contributed by atoms with Crippen molar-refractivity contribution in [3.63, 3.8) is 0 Å². The normalized spacial score (nSPS) is 19.5. The van der Waals surface area contributed by atoms with Crippen LogP contribution < -0.4 is 10.0 Å². The van der Waals surface area contributed by atoms with E-state index in [0.29, 0.717) is 31.2 Å². The SMILES string of the molecule is C=Cc1ccc2cc(S(=O)(=O)NC3CCC(C(=O)N[C@H](C)c4ccc(F)cc4)CC3)ccc2n1. The van der Waals surface area contributed by atoms with Crippen molar-refractivity contribution in [2.24, 2.45) is 5.92 Å². The maximum absolute atomic E-state index is 13.1. The molecule has 1 aliphatic rings. The Morgan fingerprint density at radius 2 is 1.79 bits per heavy atom. The van der Waals surface area contributed by atoms with Crippen LogP contribution in [-0.4, -0.2) is 25.4 Å². The fraction of sp³-hybridized carbons (Fsp3) is 0.308. The zero-order chi connectivity index (χ0) is 24.3. The molecule has 8 heteroatoms. The summed E-state index contributed by atoms with van der Waals surface area (Å²) in [6.45, 7) is 5.56. The third kappa shape index (κ3) is 5.51. The predicted molar refractivity (Wildman–Crippen MR) is 131 cm³/mol. The highest BCUT2D eigenvalue weighted by Gasteiger charge is 2.30. The molecule has 3 aromatic rings. The van der Waals surface area contributed by atoms with Crippen LogP contribution in [0.15, 0.2) is 66.1 Å². The third-order valence-corrected chi connectivity index (χ3v) is 7.87. The number of sulfonamides is 1. The van der Waals surface area contributed by atoms with E-state index in [0.717, 1.165) is 16.6 Å². The van der Waals surface area contributed by atoms with E-state index < -0.39 is 10.0 Å². The zero-order valence-corrected chi connectivity index (χ0v) is 19.8. The summed E-state index contributed by atoms with van der Waals surface area (Å²) in [4.78, 5) is 17.3. The molecule has 1 aromatic heterocycles. The van der Waals surface area contributed by atoms with Gasteiger partial charge in [0.2, 0.25) is 15.9 Å². The van der Waals surface area contributed by atoms with Crippen molar-refractivity contribution in [1.82, 2.24) is 15.0 Å². The lowest BCUT2D eigenvalue weighted by molar-refractivity contribution is -0.126. The van der Waals surface area contributed by atoms with E-state index >= 15 is 0 Å². The molecule has 0 radical (unpaired) electrons. The summed E-state index contributed by atoms with van der Waals surface area (Å²) in [5.74, 6) is -0.543. The molecule has 1 fully saturated rings. The molecule has 1 atom stereocenters. The largest absolute Gasteiger partial charge is 0.349 e. The Morgan fingerprint density at radius 1 is 1.09 bits per heavy atom. The van der Waals surface area contributed by atoms with E-state index in [1.807, 2.05) is 13.0 Å². The third-order valence-electron chi connectivity index (χ3n) is 6.35. The van der Waals surface area contributed by atoms with Crippen molar-refractivity contribution in [2.75, 3.05) is 0 Å². The van der Waals surface area contributed by atoms with Crippen LogP contribution in [0.2, 0.25) is 0 Å². The zero-order valence-electron chi connectivity index (χ0n) is 19.0. The smallest absolute Gasteiger partial charge is 0.240 e. The molecule has 1 saturated carbocycles. The Hall–Kier alpha value is -3.10. The van der Waals surface area contributed by atoms with Gasteiger partial charge < -0.3 is 5.32 Å². The second-order valence-corrected chi connectivity index (χ2v) is 10.5. The lowest BCUT2D eigenvalue weighted by Crippen LogP contribution is -2.41. The van der Waals surface area contributed by atoms with Gasteiger partial charge in [0.15, 0.2) is 0 Å². The van der Waals surface area contributed by atoms with E-state index in [9.17, 15) is 17.6 Å². The number of amides is 1. The van der Waals surface area contributed by atoms with Crippen LogP contribution >= 0.6 is 0 Å². The fourth-order valence-corrected chi connectivity index (χ4v) is 5.67. The molecule has 1 heterocycles. The number of halogens is 1. The number of hydrogen-bond donors (Lipinski definition) is 2. The van der Waals surface area contributed by atoms with Crippen LogP contribution in [0.5, 0.6) is 0 Å². The van der Waals surface area contributed by atoms with Gasteiger partial charge in [-0.1, -0.05) is 24.8 Å². The van der Waals surface area contributed by atoms with Crippen molar-refractivity contribution < 1.29 is 17.6 Å². The lowest BCUT2D eigenvalue weighted by Gasteiger charge is -2.29. The fourth-order valence-electron chi connectivity index (χ4n) is 4.33. The van der Waals surface area contributed by atoms with E-state index in [-0.39, 0.29) is 34.6 Å². The molecule has 0 bridgehead atoms. The minimum Gasteiger partial charge on any atom is -0.349 e. The van der Waals surface area contributed by atoms with Gasteiger partial charge >= 0.3 is 0 Å². The molecule has 4 rings (SSSR count). The molecule has 2 aromatic carbocycles. The van der Waals surface area contributed by atoms with Crippen molar-refractivity contribution in [3.05, 3.63) is 78.3 Å². The summed E-state index contributed by atoms with van der Waals surface area (Å²) >= 11 is 0. The molecule has 6 nitrogen and oxygen atoms in total. The van der Waals surface area contributed by atoms with Gasteiger partial charge in [-0.15, -0.1) is 0 Å². The summed E-state index contributed by atoms with van der Waals surface area (Å²) in [6.07, 6.45) is 4.01. The second kappa shape index (κ2) is 10.0. The molecular weight excluding hydrogens is 453 g/mol. The van der Waals surface area contributed by atoms with Crippen molar-refractivity contribution in [2.45, 2.75) is 49.6 Å². The maximum Gasteiger partial charge on any atom is 0.240 e. The maximum atomic E-state index is 13.1. The molecule has 2 N–H and O–H groups in total. The standard InChI is InChI=1S/C26H28FN3O3S/c1-3-22-11-8-20-16-24(14-15-25(20)29-22)34(32,33)30-23-12-6-19(7-13-23)26(31)28-17(2)18-4-9-21(27)10-5-18/h3-5,8-11,14-17,19,23,30H,1,6-7,12-13H2,2H3,(H,28,31)/t17-,19?,23?/m1/s1. The second-order valence-electron chi connectivity index (χ2n) is 8.75. The molecule has 0 saturated heterocycles. The average molecular weight is 482 g/mol. The van der Waals surface area contributed by atoms with Gasteiger partial charge in [-0.05, 0) is 80.6 Å². The quantitative estimate of drug-likeness (QED) is 0.511. The van der Waals surface area contributed by atoms with Crippen molar-refractivity contribution in [1.29, 1.82) is 0 Å². The van der Waals surface area contributed by atoms with Crippen LogP contribution in [0.3, 0.4) is 0 Å². The van der Waals surface area contributed by atoms with Crippen LogP contribution in [0.4, 0.5) is 4.39 Å². The molecule has 1 amide bonds.